The topological polar surface area (TPSA) is 112 Å². The SMILES string of the molecule is COc1cc(/C=C/C(=O)Nc2nnc(SCC(=O)Nc3ccc(Cl)c(Cl)c3)s2)cc(OC)c1OC. The van der Waals surface area contributed by atoms with E-state index in [4.69, 9.17) is 37.4 Å². The van der Waals surface area contributed by atoms with Crippen molar-refractivity contribution in [1.82, 2.24) is 10.2 Å². The van der Waals surface area contributed by atoms with Crippen LogP contribution in [0.4, 0.5) is 10.8 Å². The van der Waals surface area contributed by atoms with Crippen molar-refractivity contribution in [2.75, 3.05) is 37.7 Å². The van der Waals surface area contributed by atoms with Gasteiger partial charge in [0.15, 0.2) is 15.8 Å². The number of nitrogens with zero attached hydrogens (tertiary/aromatic N) is 2. The molecule has 2 N–H and O–H groups in total. The van der Waals surface area contributed by atoms with Crippen LogP contribution in [0.25, 0.3) is 6.08 Å². The van der Waals surface area contributed by atoms with Gasteiger partial charge in [-0.3, -0.25) is 14.9 Å². The van der Waals surface area contributed by atoms with Crippen LogP contribution in [-0.2, 0) is 9.59 Å². The van der Waals surface area contributed by atoms with Crippen molar-refractivity contribution in [2.24, 2.45) is 0 Å². The Morgan fingerprint density at radius 2 is 1.71 bits per heavy atom. The number of amides is 2. The monoisotopic (exact) mass is 554 g/mol. The quantitative estimate of drug-likeness (QED) is 0.198. The molecule has 3 aromatic rings. The molecule has 3 rings (SSSR count). The highest BCUT2D eigenvalue weighted by atomic mass is 35.5. The van der Waals surface area contributed by atoms with Crippen LogP contribution in [-0.4, -0.2) is 49.1 Å². The number of carbonyl (C=O) groups is 2. The summed E-state index contributed by atoms with van der Waals surface area (Å²) < 4.78 is 16.4. The largest absolute Gasteiger partial charge is 0.493 e. The molecule has 2 aromatic carbocycles. The molecule has 35 heavy (non-hydrogen) atoms. The van der Waals surface area contributed by atoms with E-state index >= 15 is 0 Å². The van der Waals surface area contributed by atoms with Gasteiger partial charge in [-0.2, -0.15) is 0 Å². The zero-order chi connectivity index (χ0) is 25.4. The number of nitrogens with one attached hydrogen (secondary N) is 2. The summed E-state index contributed by atoms with van der Waals surface area (Å²) >= 11 is 14.2. The Kier molecular flexibility index (Phi) is 9.61. The van der Waals surface area contributed by atoms with Crippen molar-refractivity contribution < 1.29 is 23.8 Å². The van der Waals surface area contributed by atoms with Gasteiger partial charge in [-0.25, -0.2) is 0 Å². The van der Waals surface area contributed by atoms with E-state index in [1.807, 2.05) is 0 Å². The van der Waals surface area contributed by atoms with E-state index in [-0.39, 0.29) is 11.7 Å². The zero-order valence-corrected chi connectivity index (χ0v) is 21.9. The molecule has 0 bridgehead atoms. The van der Waals surface area contributed by atoms with Gasteiger partial charge in [0.1, 0.15) is 0 Å². The lowest BCUT2D eigenvalue weighted by Gasteiger charge is -2.12. The summed E-state index contributed by atoms with van der Waals surface area (Å²) in [6.45, 7) is 0. The molecule has 9 nitrogen and oxygen atoms in total. The molecule has 0 aliphatic rings. The lowest BCUT2D eigenvalue weighted by atomic mass is 10.1. The van der Waals surface area contributed by atoms with Crippen molar-refractivity contribution in [3.63, 3.8) is 0 Å². The molecule has 0 unspecified atom stereocenters. The number of benzene rings is 2. The number of hydrogen-bond donors (Lipinski definition) is 2. The summed E-state index contributed by atoms with van der Waals surface area (Å²) in [5, 5.41) is 14.3. The average molecular weight is 555 g/mol. The van der Waals surface area contributed by atoms with Crippen LogP contribution in [0.15, 0.2) is 40.7 Å². The van der Waals surface area contributed by atoms with E-state index < -0.39 is 5.91 Å². The van der Waals surface area contributed by atoms with Crippen LogP contribution < -0.4 is 24.8 Å². The number of ether oxygens (including phenoxy) is 3. The smallest absolute Gasteiger partial charge is 0.250 e. The molecule has 184 valence electrons. The molecule has 0 saturated carbocycles. The lowest BCUT2D eigenvalue weighted by molar-refractivity contribution is -0.114. The highest BCUT2D eigenvalue weighted by Gasteiger charge is 2.13. The third-order valence-corrected chi connectivity index (χ3v) is 6.99. The minimum Gasteiger partial charge on any atom is -0.493 e. The van der Waals surface area contributed by atoms with E-state index in [2.05, 4.69) is 20.8 Å². The van der Waals surface area contributed by atoms with Crippen molar-refractivity contribution in [1.29, 1.82) is 0 Å². The second-order valence-electron chi connectivity index (χ2n) is 6.62. The number of rotatable bonds is 10. The highest BCUT2D eigenvalue weighted by molar-refractivity contribution is 8.01. The van der Waals surface area contributed by atoms with Gasteiger partial charge in [-0.05, 0) is 42.0 Å². The summed E-state index contributed by atoms with van der Waals surface area (Å²) in [4.78, 5) is 24.5. The van der Waals surface area contributed by atoms with Crippen molar-refractivity contribution in [2.45, 2.75) is 4.34 Å². The predicted octanol–water partition coefficient (Wildman–Crippen LogP) is 5.25. The molecule has 0 saturated heterocycles. The van der Waals surface area contributed by atoms with Gasteiger partial charge in [0.05, 0.1) is 37.1 Å². The Morgan fingerprint density at radius 1 is 1.00 bits per heavy atom. The number of carbonyl (C=O) groups excluding carboxylic acids is 2. The summed E-state index contributed by atoms with van der Waals surface area (Å²) in [6, 6.07) is 8.25. The number of anilines is 2. The van der Waals surface area contributed by atoms with Crippen molar-refractivity contribution in [3.05, 3.63) is 52.0 Å². The van der Waals surface area contributed by atoms with Gasteiger partial charge in [0, 0.05) is 11.8 Å². The minimum atomic E-state index is -0.399. The first-order valence-corrected chi connectivity index (χ1v) is 12.4. The molecular formula is C22H20Cl2N4O5S2. The number of hydrogen-bond acceptors (Lipinski definition) is 9. The predicted molar refractivity (Wildman–Crippen MR) is 139 cm³/mol. The second-order valence-corrected chi connectivity index (χ2v) is 9.63. The fraction of sp³-hybridized carbons (Fsp3) is 0.182. The minimum absolute atomic E-state index is 0.101. The Hall–Kier alpha value is -2.99. The van der Waals surface area contributed by atoms with Crippen LogP contribution in [0, 0.1) is 0 Å². The van der Waals surface area contributed by atoms with E-state index in [0.717, 1.165) is 11.3 Å². The van der Waals surface area contributed by atoms with Crippen LogP contribution in [0.1, 0.15) is 5.56 Å². The number of thioether (sulfide) groups is 1. The third kappa shape index (κ3) is 7.49. The van der Waals surface area contributed by atoms with Gasteiger partial charge in [0.2, 0.25) is 22.7 Å². The van der Waals surface area contributed by atoms with Crippen LogP contribution in [0.5, 0.6) is 17.2 Å². The van der Waals surface area contributed by atoms with Crippen LogP contribution in [0.2, 0.25) is 10.0 Å². The number of methoxy groups -OCH3 is 3. The maximum atomic E-state index is 12.3. The Bertz CT molecular complexity index is 1230. The molecule has 1 heterocycles. The molecule has 13 heteroatoms. The Balaban J connectivity index is 1.54. The molecule has 0 atom stereocenters. The fourth-order valence-electron chi connectivity index (χ4n) is 2.73. The van der Waals surface area contributed by atoms with Gasteiger partial charge < -0.3 is 19.5 Å². The second kappa shape index (κ2) is 12.6. The number of aromatic nitrogens is 2. The first-order valence-electron chi connectivity index (χ1n) is 9.83. The van der Waals surface area contributed by atoms with Crippen LogP contribution >= 0.6 is 46.3 Å². The fourth-order valence-corrected chi connectivity index (χ4v) is 4.59. The molecule has 0 spiro atoms. The van der Waals surface area contributed by atoms with Gasteiger partial charge in [-0.1, -0.05) is 46.3 Å². The van der Waals surface area contributed by atoms with Gasteiger partial charge >= 0.3 is 0 Å². The maximum absolute atomic E-state index is 12.3. The van der Waals surface area contributed by atoms with E-state index in [1.54, 1.807) is 36.4 Å². The first-order chi connectivity index (χ1) is 16.8. The van der Waals surface area contributed by atoms with Crippen molar-refractivity contribution in [3.8, 4) is 17.2 Å². The standard InChI is InChI=1S/C22H20Cl2N4O5S2/c1-31-16-8-12(9-17(32-2)20(16)33-3)4-7-18(29)26-21-27-28-22(35-21)34-11-19(30)25-13-5-6-14(23)15(24)10-13/h4-10H,11H2,1-3H3,(H,25,30)(H,26,27,29)/b7-4+. The number of halogens is 2. The van der Waals surface area contributed by atoms with Crippen molar-refractivity contribution >= 4 is 75.0 Å². The molecule has 0 aliphatic heterocycles. The molecule has 0 aliphatic carbocycles. The molecule has 2 amide bonds. The third-order valence-electron chi connectivity index (χ3n) is 4.28. The summed E-state index contributed by atoms with van der Waals surface area (Å²) in [5.74, 6) is 0.860. The maximum Gasteiger partial charge on any atom is 0.250 e. The van der Waals surface area contributed by atoms with Gasteiger partial charge in [-0.15, -0.1) is 10.2 Å². The normalized spacial score (nSPS) is 10.8. The highest BCUT2D eigenvalue weighted by Crippen LogP contribution is 2.38. The Labute approximate surface area is 219 Å². The lowest BCUT2D eigenvalue weighted by Crippen LogP contribution is -2.13. The molecule has 0 radical (unpaired) electrons. The average Bonchev–Trinajstić information content (AvgIpc) is 3.30. The zero-order valence-electron chi connectivity index (χ0n) is 18.8. The summed E-state index contributed by atoms with van der Waals surface area (Å²) in [5.41, 5.74) is 1.21. The van der Waals surface area contributed by atoms with Gasteiger partial charge in [0.25, 0.3) is 0 Å². The Morgan fingerprint density at radius 3 is 2.34 bits per heavy atom. The van der Waals surface area contributed by atoms with Crippen LogP contribution in [0.3, 0.4) is 0 Å². The molecule has 1 aromatic heterocycles. The summed E-state index contributed by atoms with van der Waals surface area (Å²) in [6.07, 6.45) is 2.95. The molecular weight excluding hydrogens is 535 g/mol. The van der Waals surface area contributed by atoms with E-state index in [1.165, 1.54) is 39.2 Å². The van der Waals surface area contributed by atoms with E-state index in [0.29, 0.717) is 48.0 Å². The van der Waals surface area contributed by atoms with E-state index in [9.17, 15) is 9.59 Å². The summed E-state index contributed by atoms with van der Waals surface area (Å²) in [7, 11) is 4.54. The first kappa shape index (κ1) is 26.6. The molecule has 0 fully saturated rings.